The van der Waals surface area contributed by atoms with Gasteiger partial charge in [0.05, 0.1) is 11.7 Å². The maximum absolute atomic E-state index is 11.9. The van der Waals surface area contributed by atoms with Crippen molar-refractivity contribution in [3.63, 3.8) is 0 Å². The van der Waals surface area contributed by atoms with Crippen LogP contribution in [0.3, 0.4) is 0 Å². The van der Waals surface area contributed by atoms with Gasteiger partial charge in [-0.25, -0.2) is 0 Å². The Morgan fingerprint density at radius 3 is 2.75 bits per heavy atom. The van der Waals surface area contributed by atoms with Crippen molar-refractivity contribution in [3.05, 3.63) is 30.0 Å². The Balaban J connectivity index is 1.84. The predicted octanol–water partition coefficient (Wildman–Crippen LogP) is 1.06. The highest BCUT2D eigenvalue weighted by molar-refractivity contribution is 5.97. The van der Waals surface area contributed by atoms with E-state index in [2.05, 4.69) is 20.8 Å². The van der Waals surface area contributed by atoms with Crippen molar-refractivity contribution in [1.29, 1.82) is 0 Å². The van der Waals surface area contributed by atoms with E-state index in [1.54, 1.807) is 18.3 Å². The number of amides is 2. The summed E-state index contributed by atoms with van der Waals surface area (Å²) in [6.07, 6.45) is 1.71. The topological polar surface area (TPSA) is 86.9 Å². The lowest BCUT2D eigenvalue weighted by Gasteiger charge is -2.08. The van der Waals surface area contributed by atoms with Crippen molar-refractivity contribution in [3.8, 4) is 0 Å². The number of fused-ring (bicyclic) bond motifs is 1. The highest BCUT2D eigenvalue weighted by Gasteiger charge is 2.08. The van der Waals surface area contributed by atoms with Crippen LogP contribution in [-0.2, 0) is 4.79 Å². The van der Waals surface area contributed by atoms with Gasteiger partial charge in [0.25, 0.3) is 5.91 Å². The zero-order chi connectivity index (χ0) is 14.5. The van der Waals surface area contributed by atoms with Gasteiger partial charge in [0.15, 0.2) is 0 Å². The van der Waals surface area contributed by atoms with Crippen LogP contribution in [0.25, 0.3) is 10.9 Å². The molecule has 6 nitrogen and oxygen atoms in total. The fraction of sp³-hybridized carbons (Fsp3) is 0.357. The number of H-pyrrole nitrogens is 1. The third-order valence-electron chi connectivity index (χ3n) is 2.94. The summed E-state index contributed by atoms with van der Waals surface area (Å²) in [6, 6.07) is 5.35. The minimum absolute atomic E-state index is 0.0156. The molecule has 106 valence electrons. The molecule has 2 amide bonds. The highest BCUT2D eigenvalue weighted by atomic mass is 16.2. The number of carbonyl (C=O) groups excluding carboxylic acids is 2. The molecule has 0 bridgehead atoms. The number of benzene rings is 1. The molecule has 2 rings (SSSR count). The number of hydrogen-bond donors (Lipinski definition) is 3. The van der Waals surface area contributed by atoms with E-state index in [4.69, 9.17) is 0 Å². The Morgan fingerprint density at radius 2 is 2.00 bits per heavy atom. The Hall–Kier alpha value is -2.37. The summed E-state index contributed by atoms with van der Waals surface area (Å²) < 4.78 is 0. The van der Waals surface area contributed by atoms with Crippen LogP contribution in [0, 0.1) is 5.92 Å². The molecule has 6 heteroatoms. The average molecular weight is 274 g/mol. The molecule has 0 atom stereocenters. The monoisotopic (exact) mass is 274 g/mol. The first kappa shape index (κ1) is 14.0. The molecular weight excluding hydrogens is 256 g/mol. The molecule has 1 heterocycles. The molecule has 0 saturated carbocycles. The minimum Gasteiger partial charge on any atom is -0.354 e. The molecule has 0 unspecified atom stereocenters. The summed E-state index contributed by atoms with van der Waals surface area (Å²) in [5.74, 6) is -0.230. The second kappa shape index (κ2) is 6.18. The van der Waals surface area contributed by atoms with Gasteiger partial charge in [-0.15, -0.1) is 0 Å². The van der Waals surface area contributed by atoms with Gasteiger partial charge in [0, 0.05) is 30.0 Å². The maximum atomic E-state index is 11.9. The lowest BCUT2D eigenvalue weighted by Crippen LogP contribution is -2.36. The quantitative estimate of drug-likeness (QED) is 0.713. The molecule has 0 aliphatic rings. The Bertz CT molecular complexity index is 618. The number of nitrogens with one attached hydrogen (secondary N) is 3. The number of nitrogens with zero attached hydrogens (tertiary/aromatic N) is 1. The third-order valence-corrected chi connectivity index (χ3v) is 2.94. The Morgan fingerprint density at radius 1 is 1.25 bits per heavy atom. The Labute approximate surface area is 116 Å². The van der Waals surface area contributed by atoms with Crippen molar-refractivity contribution in [1.82, 2.24) is 20.8 Å². The van der Waals surface area contributed by atoms with Crippen molar-refractivity contribution in [2.45, 2.75) is 13.8 Å². The summed E-state index contributed by atoms with van der Waals surface area (Å²) in [7, 11) is 0. The molecular formula is C14H18N4O2. The van der Waals surface area contributed by atoms with Gasteiger partial charge in [-0.2, -0.15) is 5.10 Å². The summed E-state index contributed by atoms with van der Waals surface area (Å²) >= 11 is 0. The number of aromatic amines is 1. The van der Waals surface area contributed by atoms with Gasteiger partial charge in [0.1, 0.15) is 0 Å². The van der Waals surface area contributed by atoms with Crippen LogP contribution in [0.5, 0.6) is 0 Å². The largest absolute Gasteiger partial charge is 0.354 e. The van der Waals surface area contributed by atoms with Crippen molar-refractivity contribution >= 4 is 22.7 Å². The Kier molecular flexibility index (Phi) is 4.34. The van der Waals surface area contributed by atoms with E-state index in [0.29, 0.717) is 18.7 Å². The van der Waals surface area contributed by atoms with E-state index in [-0.39, 0.29) is 17.7 Å². The van der Waals surface area contributed by atoms with Crippen LogP contribution >= 0.6 is 0 Å². The normalized spacial score (nSPS) is 10.8. The number of hydrogen-bond acceptors (Lipinski definition) is 3. The van der Waals surface area contributed by atoms with Crippen molar-refractivity contribution < 1.29 is 9.59 Å². The van der Waals surface area contributed by atoms with Gasteiger partial charge in [-0.1, -0.05) is 19.9 Å². The van der Waals surface area contributed by atoms with Crippen LogP contribution < -0.4 is 10.6 Å². The first-order chi connectivity index (χ1) is 9.58. The standard InChI is InChI=1S/C14H18N4O2/c1-9(2)13(19)15-5-6-16-14(20)10-3-4-11-8-17-18-12(11)7-10/h3-4,7-9H,5-6H2,1-2H3,(H,15,19)(H,16,20)(H,17,18). The minimum atomic E-state index is -0.166. The fourth-order valence-electron chi connectivity index (χ4n) is 1.75. The summed E-state index contributed by atoms with van der Waals surface area (Å²) in [5, 5.41) is 13.2. The van der Waals surface area contributed by atoms with Crippen LogP contribution in [-0.4, -0.2) is 35.1 Å². The summed E-state index contributed by atoms with van der Waals surface area (Å²) in [4.78, 5) is 23.3. The molecule has 0 aliphatic carbocycles. The van der Waals surface area contributed by atoms with Crippen LogP contribution in [0.1, 0.15) is 24.2 Å². The van der Waals surface area contributed by atoms with E-state index in [0.717, 1.165) is 10.9 Å². The molecule has 3 N–H and O–H groups in total. The van der Waals surface area contributed by atoms with E-state index in [9.17, 15) is 9.59 Å². The van der Waals surface area contributed by atoms with Gasteiger partial charge < -0.3 is 10.6 Å². The first-order valence-corrected chi connectivity index (χ1v) is 6.57. The van der Waals surface area contributed by atoms with Gasteiger partial charge in [-0.3, -0.25) is 14.7 Å². The lowest BCUT2D eigenvalue weighted by molar-refractivity contribution is -0.123. The van der Waals surface area contributed by atoms with Gasteiger partial charge >= 0.3 is 0 Å². The van der Waals surface area contributed by atoms with Gasteiger partial charge in [0.2, 0.25) is 5.91 Å². The third kappa shape index (κ3) is 3.34. The molecule has 0 spiro atoms. The molecule has 0 radical (unpaired) electrons. The predicted molar refractivity (Wildman–Crippen MR) is 76.3 cm³/mol. The van der Waals surface area contributed by atoms with E-state index < -0.39 is 0 Å². The molecule has 1 aromatic heterocycles. The first-order valence-electron chi connectivity index (χ1n) is 6.57. The second-order valence-corrected chi connectivity index (χ2v) is 4.87. The molecule has 0 fully saturated rings. The van der Waals surface area contributed by atoms with Crippen LogP contribution in [0.15, 0.2) is 24.4 Å². The maximum Gasteiger partial charge on any atom is 0.251 e. The van der Waals surface area contributed by atoms with Gasteiger partial charge in [-0.05, 0) is 12.1 Å². The van der Waals surface area contributed by atoms with E-state index >= 15 is 0 Å². The molecule has 1 aromatic carbocycles. The summed E-state index contributed by atoms with van der Waals surface area (Å²) in [5.41, 5.74) is 1.39. The zero-order valence-corrected chi connectivity index (χ0v) is 11.6. The van der Waals surface area contributed by atoms with Crippen molar-refractivity contribution in [2.75, 3.05) is 13.1 Å². The van der Waals surface area contributed by atoms with E-state index in [1.165, 1.54) is 0 Å². The average Bonchev–Trinajstić information content (AvgIpc) is 2.90. The summed E-state index contributed by atoms with van der Waals surface area (Å²) in [6.45, 7) is 4.48. The smallest absolute Gasteiger partial charge is 0.251 e. The number of aromatic nitrogens is 2. The zero-order valence-electron chi connectivity index (χ0n) is 11.6. The van der Waals surface area contributed by atoms with Crippen molar-refractivity contribution in [2.24, 2.45) is 5.92 Å². The van der Waals surface area contributed by atoms with E-state index in [1.807, 2.05) is 19.9 Å². The SMILES string of the molecule is CC(C)C(=O)NCCNC(=O)c1ccc2cn[nH]c2c1. The molecule has 2 aromatic rings. The fourth-order valence-corrected chi connectivity index (χ4v) is 1.75. The number of carbonyl (C=O) groups is 2. The highest BCUT2D eigenvalue weighted by Crippen LogP contribution is 2.12. The second-order valence-electron chi connectivity index (χ2n) is 4.87. The molecule has 0 saturated heterocycles. The lowest BCUT2D eigenvalue weighted by atomic mass is 10.1. The van der Waals surface area contributed by atoms with Crippen LogP contribution in [0.2, 0.25) is 0 Å². The number of rotatable bonds is 5. The van der Waals surface area contributed by atoms with Crippen LogP contribution in [0.4, 0.5) is 0 Å². The molecule has 0 aliphatic heterocycles. The molecule has 20 heavy (non-hydrogen) atoms.